The second-order valence-electron chi connectivity index (χ2n) is 17.2. The van der Waals surface area contributed by atoms with E-state index < -0.39 is 62.7 Å². The minimum absolute atomic E-state index is 0.00628. The van der Waals surface area contributed by atoms with Crippen LogP contribution < -0.4 is 15.4 Å². The summed E-state index contributed by atoms with van der Waals surface area (Å²) < 4.78 is 40.8. The Balaban J connectivity index is 1.30. The third-order valence-electron chi connectivity index (χ3n) is 13.3. The van der Waals surface area contributed by atoms with Gasteiger partial charge in [0, 0.05) is 49.6 Å². The van der Waals surface area contributed by atoms with E-state index in [2.05, 4.69) is 35.8 Å². The summed E-state index contributed by atoms with van der Waals surface area (Å²) >= 11 is 0. The van der Waals surface area contributed by atoms with Crippen molar-refractivity contribution < 1.29 is 37.1 Å². The van der Waals surface area contributed by atoms with Crippen molar-refractivity contribution in [2.45, 2.75) is 123 Å². The van der Waals surface area contributed by atoms with Gasteiger partial charge in [0.1, 0.15) is 23.2 Å². The molecule has 0 aromatic rings. The topological polar surface area (TPSA) is 163 Å². The summed E-state index contributed by atoms with van der Waals surface area (Å²) in [6.07, 6.45) is 7.08. The van der Waals surface area contributed by atoms with Crippen molar-refractivity contribution >= 4 is 34.0 Å². The Morgan fingerprint density at radius 2 is 1.59 bits per heavy atom. The molecule has 3 aliphatic carbocycles. The molecule has 3 aliphatic heterocycles. The van der Waals surface area contributed by atoms with E-state index in [0.717, 1.165) is 19.3 Å². The fraction of sp³-hybridized carbons (Fsp3) is 0.829. The number of ether oxygens (including phenoxy) is 2. The maximum atomic E-state index is 14.9. The highest BCUT2D eigenvalue weighted by atomic mass is 32.2. The first-order chi connectivity index (χ1) is 22.8. The number of nitrogens with zero attached hydrogens (tertiary/aromatic N) is 2. The Labute approximate surface area is 290 Å². The van der Waals surface area contributed by atoms with Crippen LogP contribution in [-0.2, 0) is 34.1 Å². The zero-order valence-corrected chi connectivity index (χ0v) is 30.8. The van der Waals surface area contributed by atoms with E-state index in [4.69, 9.17) is 9.47 Å². The lowest BCUT2D eigenvalue weighted by Crippen LogP contribution is -2.62. The highest BCUT2D eigenvalue weighted by Crippen LogP contribution is 2.88. The molecule has 0 aromatic carbocycles. The molecule has 49 heavy (non-hydrogen) atoms. The average molecular weight is 706 g/mol. The maximum absolute atomic E-state index is 14.9. The van der Waals surface area contributed by atoms with Gasteiger partial charge in [-0.3, -0.25) is 14.4 Å². The Bertz CT molecular complexity index is 1510. The highest BCUT2D eigenvalue weighted by Gasteiger charge is 2.85. The molecule has 0 bridgehead atoms. The fourth-order valence-corrected chi connectivity index (χ4v) is 11.1. The van der Waals surface area contributed by atoms with E-state index in [-0.39, 0.29) is 28.6 Å². The molecule has 4 amide bonds. The number of likely N-dealkylation sites (tertiary alicyclic amines) is 1. The van der Waals surface area contributed by atoms with Crippen LogP contribution in [0.4, 0.5) is 4.79 Å². The van der Waals surface area contributed by atoms with Gasteiger partial charge in [0.2, 0.25) is 11.8 Å². The number of amides is 4. The number of carbonyl (C=O) groups is 4. The van der Waals surface area contributed by atoms with Crippen molar-refractivity contribution in [3.63, 3.8) is 0 Å². The van der Waals surface area contributed by atoms with Gasteiger partial charge in [-0.15, -0.1) is 6.58 Å². The van der Waals surface area contributed by atoms with E-state index in [1.165, 1.54) is 4.31 Å². The molecular formula is C35H55N5O8S. The summed E-state index contributed by atoms with van der Waals surface area (Å²) in [5, 5.41) is 5.83. The van der Waals surface area contributed by atoms with Gasteiger partial charge in [-0.25, -0.2) is 9.52 Å². The van der Waals surface area contributed by atoms with Crippen molar-refractivity contribution in [1.29, 1.82) is 0 Å². The summed E-state index contributed by atoms with van der Waals surface area (Å²) in [6, 6.07) is -1.91. The van der Waals surface area contributed by atoms with Crippen molar-refractivity contribution in [3.05, 3.63) is 12.7 Å². The number of nitrogens with one attached hydrogen (secondary N) is 3. The Morgan fingerprint density at radius 1 is 0.959 bits per heavy atom. The van der Waals surface area contributed by atoms with E-state index in [1.807, 2.05) is 6.92 Å². The Kier molecular flexibility index (Phi) is 8.79. The molecule has 6 fully saturated rings. The average Bonchev–Trinajstić information content (AvgIpc) is 3.46. The van der Waals surface area contributed by atoms with E-state index in [9.17, 15) is 27.6 Å². The second-order valence-corrected chi connectivity index (χ2v) is 18.9. The minimum atomic E-state index is -4.08. The number of carbonyl (C=O) groups excluding carboxylic acids is 4. The van der Waals surface area contributed by atoms with Crippen LogP contribution in [0.25, 0.3) is 0 Å². The number of hydrogen-bond acceptors (Lipinski definition) is 8. The van der Waals surface area contributed by atoms with Crippen LogP contribution in [0.5, 0.6) is 0 Å². The summed E-state index contributed by atoms with van der Waals surface area (Å²) in [5.41, 5.74) is -3.36. The zero-order valence-electron chi connectivity index (χ0n) is 30.0. The lowest BCUT2D eigenvalue weighted by Gasteiger charge is -2.42. The maximum Gasteiger partial charge on any atom is 0.408 e. The quantitative estimate of drug-likeness (QED) is 0.309. The van der Waals surface area contributed by atoms with Crippen LogP contribution in [-0.4, -0.2) is 97.5 Å². The molecule has 3 saturated carbocycles. The van der Waals surface area contributed by atoms with Gasteiger partial charge in [-0.05, 0) is 83.0 Å². The third kappa shape index (κ3) is 5.77. The van der Waals surface area contributed by atoms with Gasteiger partial charge in [-0.2, -0.15) is 12.7 Å². The van der Waals surface area contributed by atoms with E-state index in [1.54, 1.807) is 31.7 Å². The first-order valence-electron chi connectivity index (χ1n) is 17.9. The summed E-state index contributed by atoms with van der Waals surface area (Å²) in [5.74, 6) is -2.14. The van der Waals surface area contributed by atoms with E-state index in [0.29, 0.717) is 65.0 Å². The van der Waals surface area contributed by atoms with E-state index >= 15 is 0 Å². The molecule has 3 N–H and O–H groups in total. The molecule has 6 aliphatic rings. The van der Waals surface area contributed by atoms with Crippen LogP contribution in [0, 0.1) is 27.6 Å². The molecule has 5 unspecified atom stereocenters. The number of hydrogen-bond donors (Lipinski definition) is 3. The van der Waals surface area contributed by atoms with Crippen molar-refractivity contribution in [2.75, 3.05) is 32.8 Å². The van der Waals surface area contributed by atoms with Crippen LogP contribution in [0.1, 0.15) is 99.3 Å². The zero-order chi connectivity index (χ0) is 35.8. The molecule has 0 radical (unpaired) electrons. The predicted octanol–water partition coefficient (Wildman–Crippen LogP) is 3.01. The molecular weight excluding hydrogens is 650 g/mol. The largest absolute Gasteiger partial charge is 0.444 e. The lowest BCUT2D eigenvalue weighted by molar-refractivity contribution is -0.145. The minimum Gasteiger partial charge on any atom is -0.444 e. The molecule has 3 heterocycles. The molecule has 5 atom stereocenters. The van der Waals surface area contributed by atoms with Crippen molar-refractivity contribution in [1.82, 2.24) is 24.6 Å². The smallest absolute Gasteiger partial charge is 0.408 e. The van der Waals surface area contributed by atoms with Gasteiger partial charge in [0.25, 0.3) is 5.91 Å². The lowest BCUT2D eigenvalue weighted by atomic mass is 9.73. The molecule has 14 heteroatoms. The number of fused-ring (bicyclic) bond motifs is 1. The molecule has 6 rings (SSSR count). The Hall–Kier alpha value is -2.71. The summed E-state index contributed by atoms with van der Waals surface area (Å²) in [4.78, 5) is 58.0. The molecule has 13 nitrogen and oxygen atoms in total. The van der Waals surface area contributed by atoms with Gasteiger partial charge in [-0.1, -0.05) is 33.3 Å². The monoisotopic (exact) mass is 705 g/mol. The second kappa shape index (κ2) is 11.9. The standard InChI is InChI=1S/C35H55N5O8S/c1-8-23-20-35(23,28(43)38-49(45,46)39-16-9-10-17-39)37-26(41)24-21-34(31(5,6)33(34)12-11-13-33)22-40(24)27(42)25(32(7)14-18-47-19-15-32)36-29(44)48-30(2,3)4/h8,23-25H,1,9-22H2,2-7H3,(H,36,44)(H,37,41)(H,38,43). The number of alkyl carbamates (subject to hydrolysis) is 1. The molecule has 0 aromatic heterocycles. The first kappa shape index (κ1) is 36.1. The van der Waals surface area contributed by atoms with Gasteiger partial charge < -0.3 is 25.0 Å². The van der Waals surface area contributed by atoms with Crippen molar-refractivity contribution in [2.24, 2.45) is 27.6 Å². The summed E-state index contributed by atoms with van der Waals surface area (Å²) in [6.45, 7) is 17.4. The molecule has 3 saturated heterocycles. The van der Waals surface area contributed by atoms with Crippen LogP contribution in [0.2, 0.25) is 0 Å². The predicted molar refractivity (Wildman–Crippen MR) is 181 cm³/mol. The first-order valence-corrected chi connectivity index (χ1v) is 19.4. The fourth-order valence-electron chi connectivity index (χ4n) is 9.85. The van der Waals surface area contributed by atoms with Crippen LogP contribution in [0.3, 0.4) is 0 Å². The van der Waals surface area contributed by atoms with Gasteiger partial charge in [0.15, 0.2) is 0 Å². The van der Waals surface area contributed by atoms with Gasteiger partial charge >= 0.3 is 16.3 Å². The third-order valence-corrected chi connectivity index (χ3v) is 14.8. The molecule has 274 valence electrons. The number of rotatable bonds is 9. The Morgan fingerprint density at radius 3 is 2.10 bits per heavy atom. The molecule has 2 spiro atoms. The van der Waals surface area contributed by atoms with Crippen molar-refractivity contribution in [3.8, 4) is 0 Å². The van der Waals surface area contributed by atoms with Gasteiger partial charge in [0.05, 0.1) is 0 Å². The van der Waals surface area contributed by atoms with Crippen LogP contribution >= 0.6 is 0 Å². The highest BCUT2D eigenvalue weighted by molar-refractivity contribution is 7.87. The van der Waals surface area contributed by atoms with Crippen LogP contribution in [0.15, 0.2) is 12.7 Å². The SMILES string of the molecule is C=CC1CC1(NC(=O)C1CC2(CN1C(=O)C(NC(=O)OC(C)(C)C)C1(C)CCOCC1)C(C)(C)C21CCC1)C(=O)NS(=O)(=O)N1CCCC1. The normalized spacial score (nSPS) is 33.3. The summed E-state index contributed by atoms with van der Waals surface area (Å²) in [7, 11) is -4.08.